The molecule has 0 unspecified atom stereocenters. The third-order valence-corrected chi connectivity index (χ3v) is 3.16. The van der Waals surface area contributed by atoms with Gasteiger partial charge in [0.25, 0.3) is 0 Å². The van der Waals surface area contributed by atoms with Crippen molar-refractivity contribution in [2.24, 2.45) is 5.41 Å². The number of carbonyl (C=O) groups is 1. The van der Waals surface area contributed by atoms with Crippen molar-refractivity contribution in [1.82, 2.24) is 10.6 Å². The van der Waals surface area contributed by atoms with E-state index in [0.717, 1.165) is 0 Å². The van der Waals surface area contributed by atoms with Crippen LogP contribution in [0.5, 0.6) is 0 Å². The van der Waals surface area contributed by atoms with Crippen molar-refractivity contribution < 1.29 is 22.7 Å². The van der Waals surface area contributed by atoms with Gasteiger partial charge in [0.05, 0.1) is 18.4 Å². The molecule has 0 saturated carbocycles. The maximum absolute atomic E-state index is 12.0. The molecule has 0 bridgehead atoms. The number of halogens is 3. The van der Waals surface area contributed by atoms with Crippen LogP contribution in [0.2, 0.25) is 0 Å². The summed E-state index contributed by atoms with van der Waals surface area (Å²) in [4.78, 5) is 12.0. The first-order valence-electron chi connectivity index (χ1n) is 5.94. The number of ether oxygens (including phenoxy) is 1. The molecule has 1 aliphatic rings. The minimum absolute atomic E-state index is 0.243. The smallest absolute Gasteiger partial charge is 0.384 e. The fourth-order valence-corrected chi connectivity index (χ4v) is 2.12. The molecule has 0 aromatic heterocycles. The first kappa shape index (κ1) is 15.2. The second-order valence-electron chi connectivity index (χ2n) is 4.58. The van der Waals surface area contributed by atoms with Crippen molar-refractivity contribution >= 4 is 5.91 Å². The lowest BCUT2D eigenvalue weighted by molar-refractivity contribution is -0.141. The van der Waals surface area contributed by atoms with E-state index >= 15 is 0 Å². The van der Waals surface area contributed by atoms with E-state index in [1.54, 1.807) is 0 Å². The lowest BCUT2D eigenvalue weighted by Crippen LogP contribution is -2.50. The highest BCUT2D eigenvalue weighted by molar-refractivity contribution is 5.82. The van der Waals surface area contributed by atoms with Crippen LogP contribution in [0.15, 0.2) is 0 Å². The number of methoxy groups -OCH3 is 1. The Morgan fingerprint density at radius 1 is 1.39 bits per heavy atom. The number of carbonyl (C=O) groups excluding carboxylic acids is 1. The highest BCUT2D eigenvalue weighted by Gasteiger charge is 2.39. The average molecular weight is 268 g/mol. The number of piperidine rings is 1. The van der Waals surface area contributed by atoms with E-state index in [0.29, 0.717) is 25.9 Å². The molecule has 4 nitrogen and oxygen atoms in total. The van der Waals surface area contributed by atoms with Gasteiger partial charge in [-0.1, -0.05) is 0 Å². The zero-order chi connectivity index (χ0) is 13.6. The predicted molar refractivity (Wildman–Crippen MR) is 60.1 cm³/mol. The SMILES string of the molecule is COCC1(C(=O)NCCC(F)(F)F)CCNCC1. The lowest BCUT2D eigenvalue weighted by Gasteiger charge is -2.35. The van der Waals surface area contributed by atoms with Crippen molar-refractivity contribution in [2.75, 3.05) is 33.4 Å². The summed E-state index contributed by atoms with van der Waals surface area (Å²) in [5.41, 5.74) is -0.689. The summed E-state index contributed by atoms with van der Waals surface area (Å²) in [6.45, 7) is 1.22. The summed E-state index contributed by atoms with van der Waals surface area (Å²) in [5.74, 6) is -0.338. The molecule has 1 amide bonds. The van der Waals surface area contributed by atoms with E-state index in [1.165, 1.54) is 7.11 Å². The molecule has 18 heavy (non-hydrogen) atoms. The van der Waals surface area contributed by atoms with Crippen LogP contribution < -0.4 is 10.6 Å². The van der Waals surface area contributed by atoms with Crippen molar-refractivity contribution in [3.8, 4) is 0 Å². The Hall–Kier alpha value is -0.820. The van der Waals surface area contributed by atoms with Crippen LogP contribution in [-0.2, 0) is 9.53 Å². The summed E-state index contributed by atoms with van der Waals surface area (Å²) in [5, 5.41) is 5.49. The molecule has 0 radical (unpaired) electrons. The van der Waals surface area contributed by atoms with Gasteiger partial charge in [0, 0.05) is 13.7 Å². The van der Waals surface area contributed by atoms with Crippen LogP contribution in [-0.4, -0.2) is 45.4 Å². The van der Waals surface area contributed by atoms with Gasteiger partial charge >= 0.3 is 6.18 Å². The minimum atomic E-state index is -4.24. The molecule has 1 fully saturated rings. The second-order valence-corrected chi connectivity index (χ2v) is 4.58. The molecule has 0 atom stereocenters. The number of amides is 1. The Morgan fingerprint density at radius 3 is 2.50 bits per heavy atom. The zero-order valence-corrected chi connectivity index (χ0v) is 10.4. The van der Waals surface area contributed by atoms with Gasteiger partial charge in [0.1, 0.15) is 0 Å². The molecule has 0 aromatic carbocycles. The third-order valence-electron chi connectivity index (χ3n) is 3.16. The molecule has 106 valence electrons. The van der Waals surface area contributed by atoms with E-state index in [-0.39, 0.29) is 19.1 Å². The Kier molecular flexibility index (Phi) is 5.40. The Balaban J connectivity index is 2.49. The molecular weight excluding hydrogens is 249 g/mol. The number of alkyl halides is 3. The van der Waals surface area contributed by atoms with Crippen LogP contribution in [0, 0.1) is 5.41 Å². The average Bonchev–Trinajstić information content (AvgIpc) is 2.29. The van der Waals surface area contributed by atoms with Crippen molar-refractivity contribution in [2.45, 2.75) is 25.4 Å². The van der Waals surface area contributed by atoms with Crippen LogP contribution in [0.4, 0.5) is 13.2 Å². The van der Waals surface area contributed by atoms with Gasteiger partial charge in [-0.2, -0.15) is 13.2 Å². The monoisotopic (exact) mass is 268 g/mol. The molecule has 2 N–H and O–H groups in total. The molecular formula is C11H19F3N2O2. The highest BCUT2D eigenvalue weighted by atomic mass is 19.4. The molecule has 7 heteroatoms. The molecule has 1 aliphatic heterocycles. The molecule has 0 spiro atoms. The number of rotatable bonds is 5. The quantitative estimate of drug-likeness (QED) is 0.784. The second kappa shape index (κ2) is 6.38. The number of nitrogens with one attached hydrogen (secondary N) is 2. The van der Waals surface area contributed by atoms with Gasteiger partial charge in [-0.3, -0.25) is 4.79 Å². The largest absolute Gasteiger partial charge is 0.390 e. The molecule has 1 heterocycles. The Bertz CT molecular complexity index is 270. The van der Waals surface area contributed by atoms with Gasteiger partial charge in [-0.25, -0.2) is 0 Å². The lowest BCUT2D eigenvalue weighted by atomic mass is 9.78. The van der Waals surface area contributed by atoms with Crippen LogP contribution >= 0.6 is 0 Å². The molecule has 0 aromatic rings. The van der Waals surface area contributed by atoms with Gasteiger partial charge in [-0.05, 0) is 25.9 Å². The van der Waals surface area contributed by atoms with Gasteiger partial charge in [0.15, 0.2) is 0 Å². The first-order chi connectivity index (χ1) is 8.40. The maximum Gasteiger partial charge on any atom is 0.390 e. The summed E-state index contributed by atoms with van der Waals surface area (Å²) >= 11 is 0. The van der Waals surface area contributed by atoms with Crippen molar-refractivity contribution in [1.29, 1.82) is 0 Å². The summed E-state index contributed by atoms with van der Waals surface area (Å²) < 4.78 is 41.1. The topological polar surface area (TPSA) is 50.4 Å². The minimum Gasteiger partial charge on any atom is -0.384 e. The molecule has 0 aliphatic carbocycles. The number of hydrogen-bond acceptors (Lipinski definition) is 3. The number of hydrogen-bond donors (Lipinski definition) is 2. The molecule has 1 saturated heterocycles. The molecule has 1 rings (SSSR count). The highest BCUT2D eigenvalue weighted by Crippen LogP contribution is 2.29. The Labute approximate surface area is 104 Å². The van der Waals surface area contributed by atoms with Crippen LogP contribution in [0.25, 0.3) is 0 Å². The van der Waals surface area contributed by atoms with E-state index in [4.69, 9.17) is 4.74 Å². The zero-order valence-electron chi connectivity index (χ0n) is 10.4. The first-order valence-corrected chi connectivity index (χ1v) is 5.94. The fourth-order valence-electron chi connectivity index (χ4n) is 2.12. The van der Waals surface area contributed by atoms with E-state index in [9.17, 15) is 18.0 Å². The summed E-state index contributed by atoms with van der Waals surface area (Å²) in [6, 6.07) is 0. The maximum atomic E-state index is 12.0. The van der Waals surface area contributed by atoms with Crippen molar-refractivity contribution in [3.05, 3.63) is 0 Å². The third kappa shape index (κ3) is 4.45. The van der Waals surface area contributed by atoms with Gasteiger partial charge in [-0.15, -0.1) is 0 Å². The van der Waals surface area contributed by atoms with Crippen LogP contribution in [0.1, 0.15) is 19.3 Å². The van der Waals surface area contributed by atoms with E-state index in [1.807, 2.05) is 0 Å². The van der Waals surface area contributed by atoms with Gasteiger partial charge < -0.3 is 15.4 Å². The normalized spacial score (nSPS) is 19.6. The van der Waals surface area contributed by atoms with Crippen LogP contribution in [0.3, 0.4) is 0 Å². The van der Waals surface area contributed by atoms with E-state index in [2.05, 4.69) is 10.6 Å². The predicted octanol–water partition coefficient (Wildman–Crippen LogP) is 1.07. The summed E-state index contributed by atoms with van der Waals surface area (Å²) in [7, 11) is 1.49. The van der Waals surface area contributed by atoms with Crippen molar-refractivity contribution in [3.63, 3.8) is 0 Å². The standard InChI is InChI=1S/C11H19F3N2O2/c1-18-8-10(2-5-15-6-3-10)9(17)16-7-4-11(12,13)14/h15H,2-8H2,1H3,(H,16,17). The summed E-state index contributed by atoms with van der Waals surface area (Å²) in [6.07, 6.45) is -4.08. The Morgan fingerprint density at radius 2 is 2.00 bits per heavy atom. The van der Waals surface area contributed by atoms with E-state index < -0.39 is 18.0 Å². The van der Waals surface area contributed by atoms with Gasteiger partial charge in [0.2, 0.25) is 5.91 Å². The fraction of sp³-hybridized carbons (Fsp3) is 0.909.